The van der Waals surface area contributed by atoms with Gasteiger partial charge in [-0.05, 0) is 56.1 Å². The number of likely N-dealkylation sites (N-methyl/N-ethyl adjacent to an activating group) is 1. The quantitative estimate of drug-likeness (QED) is 0.460. The van der Waals surface area contributed by atoms with Crippen LogP contribution in [0.3, 0.4) is 0 Å². The molecule has 3 amide bonds. The van der Waals surface area contributed by atoms with Gasteiger partial charge in [0.15, 0.2) is 0 Å². The number of nitrogens with zero attached hydrogens (tertiary/aromatic N) is 2. The minimum atomic E-state index is -2.87. The average molecular weight is 555 g/mol. The summed E-state index contributed by atoms with van der Waals surface area (Å²) in [5.74, 6) is -0.735. The lowest BCUT2D eigenvalue weighted by atomic mass is 9.85. The van der Waals surface area contributed by atoms with Crippen molar-refractivity contribution in [1.82, 2.24) is 10.2 Å². The molecule has 2 fully saturated rings. The largest absolute Gasteiger partial charge is 0.370 e. The van der Waals surface area contributed by atoms with Gasteiger partial charge in [0.25, 0.3) is 18.2 Å². The lowest BCUT2D eigenvalue weighted by molar-refractivity contribution is -0.125. The zero-order chi connectivity index (χ0) is 26.5. The molecule has 2 heterocycles. The number of thiophene rings is 1. The molecule has 0 radical (unpaired) electrons. The number of rotatable bonds is 10. The number of morpholine rings is 1. The van der Waals surface area contributed by atoms with Gasteiger partial charge in [0.05, 0.1) is 15.8 Å². The summed E-state index contributed by atoms with van der Waals surface area (Å²) in [6.45, 7) is 1.11. The summed E-state index contributed by atoms with van der Waals surface area (Å²) in [4.78, 5) is 41.7. The van der Waals surface area contributed by atoms with Crippen LogP contribution in [-0.2, 0) is 14.3 Å². The fourth-order valence-corrected chi connectivity index (χ4v) is 5.35. The van der Waals surface area contributed by atoms with Gasteiger partial charge in [0.1, 0.15) is 12.6 Å². The molecule has 1 aliphatic heterocycles. The van der Waals surface area contributed by atoms with E-state index in [0.717, 1.165) is 30.6 Å². The van der Waals surface area contributed by atoms with E-state index in [-0.39, 0.29) is 42.8 Å². The molecule has 0 bridgehead atoms. The fraction of sp³-hybridized carbons (Fsp3) is 0.480. The number of benzene rings is 1. The Morgan fingerprint density at radius 2 is 2.05 bits per heavy atom. The average Bonchev–Trinajstić information content (AvgIpc) is 3.28. The maximum atomic E-state index is 14.0. The number of carbonyl (C=O) groups is 3. The topological polar surface area (TPSA) is 91.0 Å². The number of hydrogen-bond donors (Lipinski definition) is 2. The van der Waals surface area contributed by atoms with Crippen molar-refractivity contribution in [2.45, 2.75) is 31.7 Å². The molecular weight excluding hydrogens is 526 g/mol. The minimum Gasteiger partial charge on any atom is -0.370 e. The number of hydrogen-bond acceptors (Lipinski definition) is 6. The molecule has 1 saturated heterocycles. The highest BCUT2D eigenvalue weighted by atomic mass is 35.5. The zero-order valence-corrected chi connectivity index (χ0v) is 21.9. The number of halogens is 3. The zero-order valence-electron chi connectivity index (χ0n) is 20.3. The lowest BCUT2D eigenvalue weighted by Crippen LogP contribution is -2.51. The fourth-order valence-electron chi connectivity index (χ4n) is 4.39. The van der Waals surface area contributed by atoms with Crippen molar-refractivity contribution >= 4 is 52.0 Å². The monoisotopic (exact) mass is 554 g/mol. The first-order valence-electron chi connectivity index (χ1n) is 12.1. The summed E-state index contributed by atoms with van der Waals surface area (Å²) in [5.41, 5.74) is -0.104. The summed E-state index contributed by atoms with van der Waals surface area (Å²) in [6, 6.07) is 6.57. The van der Waals surface area contributed by atoms with Gasteiger partial charge in [-0.15, -0.1) is 11.3 Å². The summed E-state index contributed by atoms with van der Waals surface area (Å²) >= 11 is 7.05. The first-order valence-corrected chi connectivity index (χ1v) is 13.3. The van der Waals surface area contributed by atoms with E-state index < -0.39 is 18.4 Å². The molecule has 200 valence electrons. The van der Waals surface area contributed by atoms with Crippen LogP contribution in [0.1, 0.15) is 40.9 Å². The van der Waals surface area contributed by atoms with E-state index in [9.17, 15) is 23.2 Å². The molecule has 2 aliphatic rings. The highest BCUT2D eigenvalue weighted by Gasteiger charge is 2.30. The van der Waals surface area contributed by atoms with Crippen LogP contribution in [0.15, 0.2) is 30.3 Å². The SMILES string of the molecule is CN(CC1CCC1)[C@@H](CNC(=O)c1ccc(Cl)s1)C(=O)Nc1ccc(N2CCOCC2=O)cc1C(F)F. The van der Waals surface area contributed by atoms with Gasteiger partial charge in [-0.2, -0.15) is 0 Å². The highest BCUT2D eigenvalue weighted by Crippen LogP contribution is 2.32. The van der Waals surface area contributed by atoms with Crippen LogP contribution in [0.25, 0.3) is 0 Å². The Morgan fingerprint density at radius 3 is 2.68 bits per heavy atom. The number of carbonyl (C=O) groups excluding carboxylic acids is 3. The third kappa shape index (κ3) is 6.84. The van der Waals surface area contributed by atoms with E-state index in [4.69, 9.17) is 16.3 Å². The molecule has 1 aromatic heterocycles. The van der Waals surface area contributed by atoms with Crippen molar-refractivity contribution in [3.63, 3.8) is 0 Å². The molecule has 2 N–H and O–H groups in total. The van der Waals surface area contributed by atoms with Crippen molar-refractivity contribution in [1.29, 1.82) is 0 Å². The van der Waals surface area contributed by atoms with Gasteiger partial charge in [-0.3, -0.25) is 19.3 Å². The Labute approximate surface area is 222 Å². The molecule has 1 aliphatic carbocycles. The van der Waals surface area contributed by atoms with E-state index in [2.05, 4.69) is 10.6 Å². The molecule has 2 aromatic rings. The first kappa shape index (κ1) is 27.4. The van der Waals surface area contributed by atoms with Crippen LogP contribution in [0.4, 0.5) is 20.2 Å². The number of ether oxygens (including phenoxy) is 1. The van der Waals surface area contributed by atoms with Gasteiger partial charge in [-0.25, -0.2) is 8.78 Å². The van der Waals surface area contributed by atoms with E-state index in [1.807, 2.05) is 4.90 Å². The molecule has 0 spiro atoms. The Bertz CT molecular complexity index is 1140. The van der Waals surface area contributed by atoms with Crippen molar-refractivity contribution in [3.8, 4) is 0 Å². The van der Waals surface area contributed by atoms with E-state index in [1.54, 1.807) is 19.2 Å². The second-order valence-corrected chi connectivity index (χ2v) is 10.9. The predicted octanol–water partition coefficient (Wildman–Crippen LogP) is 4.17. The van der Waals surface area contributed by atoms with Crippen LogP contribution in [0, 0.1) is 5.92 Å². The Hall–Kier alpha value is -2.60. The molecule has 1 saturated carbocycles. The molecule has 1 atom stereocenters. The third-order valence-electron chi connectivity index (χ3n) is 6.68. The van der Waals surface area contributed by atoms with Crippen molar-refractivity contribution in [2.24, 2.45) is 5.92 Å². The molecule has 37 heavy (non-hydrogen) atoms. The smallest absolute Gasteiger partial charge is 0.265 e. The second kappa shape index (κ2) is 12.3. The Morgan fingerprint density at radius 1 is 1.27 bits per heavy atom. The maximum Gasteiger partial charge on any atom is 0.265 e. The minimum absolute atomic E-state index is 0.00617. The summed E-state index contributed by atoms with van der Waals surface area (Å²) < 4.78 is 33.6. The van der Waals surface area contributed by atoms with Crippen LogP contribution < -0.4 is 15.5 Å². The highest BCUT2D eigenvalue weighted by molar-refractivity contribution is 7.18. The Kier molecular flexibility index (Phi) is 9.12. The van der Waals surface area contributed by atoms with E-state index in [0.29, 0.717) is 34.0 Å². The molecule has 1 aromatic carbocycles. The predicted molar refractivity (Wildman–Crippen MR) is 139 cm³/mol. The van der Waals surface area contributed by atoms with Crippen LogP contribution in [-0.4, -0.2) is 68.6 Å². The third-order valence-corrected chi connectivity index (χ3v) is 7.91. The van der Waals surface area contributed by atoms with Crippen molar-refractivity contribution in [3.05, 3.63) is 45.1 Å². The number of nitrogens with one attached hydrogen (secondary N) is 2. The summed E-state index contributed by atoms with van der Waals surface area (Å²) in [7, 11) is 1.79. The summed E-state index contributed by atoms with van der Waals surface area (Å²) in [5, 5.41) is 5.40. The van der Waals surface area contributed by atoms with Crippen LogP contribution in [0.5, 0.6) is 0 Å². The van der Waals surface area contributed by atoms with Crippen LogP contribution in [0.2, 0.25) is 4.34 Å². The molecule has 12 heteroatoms. The lowest BCUT2D eigenvalue weighted by Gasteiger charge is -2.34. The number of anilines is 2. The second-order valence-electron chi connectivity index (χ2n) is 9.23. The maximum absolute atomic E-state index is 14.0. The summed E-state index contributed by atoms with van der Waals surface area (Å²) in [6.07, 6.45) is 0.397. The Balaban J connectivity index is 1.50. The molecular formula is C25H29ClF2N4O4S. The van der Waals surface area contributed by atoms with Crippen LogP contribution >= 0.6 is 22.9 Å². The molecule has 0 unspecified atom stereocenters. The number of amides is 3. The van der Waals surface area contributed by atoms with Gasteiger partial charge in [0, 0.05) is 36.6 Å². The standard InChI is InChI=1S/C25H29ClF2N4O4S/c1-31(13-15-3-2-4-15)19(12-29-25(35)20-7-8-21(26)37-20)24(34)30-18-6-5-16(11-17(18)23(27)28)32-9-10-36-14-22(32)33/h5-8,11,15,19,23H,2-4,9-10,12-14H2,1H3,(H,29,35)(H,30,34)/t19-/m0/s1. The van der Waals surface area contributed by atoms with E-state index >= 15 is 0 Å². The normalized spacial score (nSPS) is 17.1. The van der Waals surface area contributed by atoms with Crippen molar-refractivity contribution < 1.29 is 27.9 Å². The molecule has 8 nitrogen and oxygen atoms in total. The number of alkyl halides is 2. The first-order chi connectivity index (χ1) is 17.7. The van der Waals surface area contributed by atoms with Gasteiger partial charge in [-0.1, -0.05) is 18.0 Å². The molecule has 4 rings (SSSR count). The van der Waals surface area contributed by atoms with Gasteiger partial charge < -0.3 is 20.3 Å². The van der Waals surface area contributed by atoms with Gasteiger partial charge in [0.2, 0.25) is 5.91 Å². The van der Waals surface area contributed by atoms with Crippen molar-refractivity contribution in [2.75, 3.05) is 50.1 Å². The van der Waals surface area contributed by atoms with Gasteiger partial charge >= 0.3 is 0 Å². The van der Waals surface area contributed by atoms with E-state index in [1.165, 1.54) is 23.1 Å².